The topological polar surface area (TPSA) is 143 Å². The third kappa shape index (κ3) is 8.28. The third-order valence-electron chi connectivity index (χ3n) is 9.86. The van der Waals surface area contributed by atoms with Crippen LogP contribution < -0.4 is 9.47 Å². The summed E-state index contributed by atoms with van der Waals surface area (Å²) in [6.07, 6.45) is 8.62. The molecule has 0 spiro atoms. The van der Waals surface area contributed by atoms with Gasteiger partial charge in [0.2, 0.25) is 0 Å². The number of aryl methyl sites for hydroxylation is 4. The number of hydrogen-bond donors (Lipinski definition) is 1. The molecule has 0 radical (unpaired) electrons. The van der Waals surface area contributed by atoms with Crippen LogP contribution in [0.25, 0.3) is 56.1 Å². The summed E-state index contributed by atoms with van der Waals surface area (Å²) in [6, 6.07) is 14.9. The van der Waals surface area contributed by atoms with Crippen molar-refractivity contribution in [3.63, 3.8) is 0 Å². The molecule has 8 aromatic rings. The average Bonchev–Trinajstić information content (AvgIpc) is 4.02. The molecule has 0 aliphatic heterocycles. The van der Waals surface area contributed by atoms with E-state index in [0.717, 1.165) is 56.1 Å². The molecule has 0 saturated heterocycles. The molecule has 0 fully saturated rings. The minimum absolute atomic E-state index is 0.174. The lowest BCUT2D eigenvalue weighted by Gasteiger charge is -2.14. The zero-order chi connectivity index (χ0) is 42.2. The number of Topliss-reactive ketones (excluding diaryl/α,β-unsaturated/α-hetero) is 1. The van der Waals surface area contributed by atoms with Crippen molar-refractivity contribution < 1.29 is 37.3 Å². The number of imidazole rings is 2. The Balaban J connectivity index is 0.000000181. The lowest BCUT2D eigenvalue weighted by atomic mass is 9.96. The number of pyridine rings is 2. The highest BCUT2D eigenvalue weighted by atomic mass is 19.4. The van der Waals surface area contributed by atoms with E-state index in [-0.39, 0.29) is 16.9 Å². The van der Waals surface area contributed by atoms with Crippen molar-refractivity contribution in [3.8, 4) is 56.3 Å². The Hall–Kier alpha value is -7.23. The van der Waals surface area contributed by atoms with E-state index in [9.17, 15) is 27.9 Å². The van der Waals surface area contributed by atoms with Gasteiger partial charge < -0.3 is 14.6 Å². The van der Waals surface area contributed by atoms with Crippen molar-refractivity contribution in [1.29, 1.82) is 0 Å². The Morgan fingerprint density at radius 2 is 1.12 bits per heavy atom. The molecule has 0 amide bonds. The Kier molecular flexibility index (Phi) is 10.8. The number of carboxylic acids is 1. The summed E-state index contributed by atoms with van der Waals surface area (Å²) in [7, 11) is 6.60. The van der Waals surface area contributed by atoms with E-state index in [0.29, 0.717) is 16.9 Å². The van der Waals surface area contributed by atoms with Crippen molar-refractivity contribution in [2.45, 2.75) is 32.9 Å². The molecule has 302 valence electrons. The predicted molar refractivity (Wildman–Crippen MR) is 215 cm³/mol. The van der Waals surface area contributed by atoms with E-state index in [1.165, 1.54) is 14.2 Å². The van der Waals surface area contributed by atoms with Crippen LogP contribution in [0.15, 0.2) is 98.1 Å². The van der Waals surface area contributed by atoms with Gasteiger partial charge in [0.25, 0.3) is 0 Å². The van der Waals surface area contributed by atoms with Gasteiger partial charge in [-0.2, -0.15) is 23.4 Å². The fourth-order valence-electron chi connectivity index (χ4n) is 7.03. The lowest BCUT2D eigenvalue weighted by molar-refractivity contribution is -0.133. The molecule has 16 heteroatoms. The van der Waals surface area contributed by atoms with Crippen LogP contribution in [0.1, 0.15) is 44.7 Å². The van der Waals surface area contributed by atoms with E-state index in [4.69, 9.17) is 9.47 Å². The van der Waals surface area contributed by atoms with Crippen LogP contribution in [0.4, 0.5) is 13.2 Å². The van der Waals surface area contributed by atoms with Crippen LogP contribution in [0.2, 0.25) is 0 Å². The van der Waals surface area contributed by atoms with Crippen LogP contribution in [0.5, 0.6) is 11.5 Å². The zero-order valence-electron chi connectivity index (χ0n) is 32.9. The zero-order valence-corrected chi connectivity index (χ0v) is 32.9. The number of hydrogen-bond acceptors (Lipinski definition) is 8. The highest BCUT2D eigenvalue weighted by Crippen LogP contribution is 2.35. The summed E-state index contributed by atoms with van der Waals surface area (Å²) in [4.78, 5) is 33.0. The Morgan fingerprint density at radius 1 is 0.661 bits per heavy atom. The van der Waals surface area contributed by atoms with E-state index in [1.807, 2.05) is 84.2 Å². The maximum atomic E-state index is 12.6. The van der Waals surface area contributed by atoms with Gasteiger partial charge in [-0.3, -0.25) is 23.0 Å². The Morgan fingerprint density at radius 3 is 1.53 bits per heavy atom. The average molecular weight is 805 g/mol. The highest BCUT2D eigenvalue weighted by Gasteiger charge is 2.29. The van der Waals surface area contributed by atoms with Crippen molar-refractivity contribution in [3.05, 3.63) is 120 Å². The Labute approximate surface area is 335 Å². The van der Waals surface area contributed by atoms with Crippen molar-refractivity contribution in [2.75, 3.05) is 14.2 Å². The van der Waals surface area contributed by atoms with Gasteiger partial charge in [0, 0.05) is 67.6 Å². The second-order valence-electron chi connectivity index (χ2n) is 14.0. The second kappa shape index (κ2) is 16.0. The fraction of sp³-hybridized carbons (Fsp3) is 0.209. The van der Waals surface area contributed by atoms with Gasteiger partial charge in [0.1, 0.15) is 28.4 Å². The summed E-state index contributed by atoms with van der Waals surface area (Å²) in [5.41, 5.74) is 10.3. The van der Waals surface area contributed by atoms with Gasteiger partial charge in [-0.15, -0.1) is 0 Å². The quantitative estimate of drug-likeness (QED) is 0.134. The van der Waals surface area contributed by atoms with Crippen LogP contribution in [0, 0.1) is 13.8 Å². The van der Waals surface area contributed by atoms with E-state index in [1.54, 1.807) is 60.0 Å². The predicted octanol–water partition coefficient (Wildman–Crippen LogP) is 8.66. The molecule has 1 N–H and O–H groups in total. The third-order valence-corrected chi connectivity index (χ3v) is 9.86. The van der Waals surface area contributed by atoms with Gasteiger partial charge in [0.05, 0.1) is 62.4 Å². The molecule has 2 aromatic carbocycles. The first kappa shape index (κ1) is 40.0. The van der Waals surface area contributed by atoms with Crippen LogP contribution in [-0.4, -0.2) is 75.6 Å². The molecular weight excluding hydrogens is 766 g/mol. The molecule has 0 aliphatic carbocycles. The second-order valence-corrected chi connectivity index (χ2v) is 14.0. The number of aromatic carboxylic acids is 1. The Bertz CT molecular complexity index is 2870. The molecule has 6 heterocycles. The number of alkyl halides is 3. The summed E-state index contributed by atoms with van der Waals surface area (Å²) < 4.78 is 55.7. The minimum atomic E-state index is -4.39. The van der Waals surface area contributed by atoms with Gasteiger partial charge >= 0.3 is 12.1 Å². The fourth-order valence-corrected chi connectivity index (χ4v) is 7.03. The molecule has 13 nitrogen and oxygen atoms in total. The van der Waals surface area contributed by atoms with E-state index in [2.05, 4.69) is 20.2 Å². The standard InChI is InChI=1S/C23H21F3N4O2.C20H18N4O3/c1-14-8-16(9-20(32-3)22(14)19(31)4-6-23(24,25)26)18-12-27-21-10-15(5-7-30(18)21)17-11-28-29(2)13-17;1-12-6-14(7-17(27-3)19(12)20(25)26)16-10-21-18-8-13(4-5-24(16)18)15-9-22-23(2)11-15/h5,7-13H,4,6H2,1-3H3;4-11H,1-3H3,(H,25,26). The first-order chi connectivity index (χ1) is 28.1. The maximum absolute atomic E-state index is 12.6. The summed E-state index contributed by atoms with van der Waals surface area (Å²) >= 11 is 0. The number of ketones is 1. The highest BCUT2D eigenvalue weighted by molar-refractivity contribution is 6.01. The normalized spacial score (nSPS) is 11.5. The van der Waals surface area contributed by atoms with Crippen LogP contribution in [0.3, 0.4) is 0 Å². The first-order valence-electron chi connectivity index (χ1n) is 18.3. The molecular formula is C43H39F3N8O5. The monoisotopic (exact) mass is 804 g/mol. The first-order valence-corrected chi connectivity index (χ1v) is 18.3. The van der Waals surface area contributed by atoms with Crippen molar-refractivity contribution in [2.24, 2.45) is 14.1 Å². The summed E-state index contributed by atoms with van der Waals surface area (Å²) in [6.45, 7) is 3.45. The van der Waals surface area contributed by atoms with Crippen molar-refractivity contribution in [1.82, 2.24) is 38.3 Å². The molecule has 0 aliphatic rings. The van der Waals surface area contributed by atoms with Gasteiger partial charge in [-0.1, -0.05) is 0 Å². The summed E-state index contributed by atoms with van der Waals surface area (Å²) in [5.74, 6) is -1.02. The molecule has 0 saturated carbocycles. The van der Waals surface area contributed by atoms with Gasteiger partial charge in [-0.05, 0) is 84.6 Å². The number of nitrogens with zero attached hydrogens (tertiary/aromatic N) is 8. The molecule has 59 heavy (non-hydrogen) atoms. The van der Waals surface area contributed by atoms with Gasteiger partial charge in [0.15, 0.2) is 5.78 Å². The maximum Gasteiger partial charge on any atom is 0.389 e. The van der Waals surface area contributed by atoms with Crippen LogP contribution in [-0.2, 0) is 14.1 Å². The number of halogens is 3. The number of rotatable bonds is 10. The molecule has 8 rings (SSSR count). The molecule has 6 aromatic heterocycles. The number of carbonyl (C=O) groups is 2. The molecule has 0 bridgehead atoms. The molecule has 0 atom stereocenters. The number of fused-ring (bicyclic) bond motifs is 2. The number of carboxylic acid groups (broad SMARTS) is 1. The number of aromatic nitrogens is 8. The van der Waals surface area contributed by atoms with E-state index >= 15 is 0 Å². The lowest BCUT2D eigenvalue weighted by Crippen LogP contribution is -2.12. The number of ether oxygens (including phenoxy) is 2. The SMILES string of the molecule is COc1cc(-c2cnc3cc(-c4cnn(C)c4)ccn23)cc(C)c1C(=O)CCC(F)(F)F.COc1cc(-c2cnc3cc(-c4cnn(C)c4)ccn23)cc(C)c1C(=O)O. The number of methoxy groups -OCH3 is 2. The van der Waals surface area contributed by atoms with Gasteiger partial charge in [-0.25, -0.2) is 14.8 Å². The molecule has 0 unspecified atom stereocenters. The van der Waals surface area contributed by atoms with Crippen LogP contribution >= 0.6 is 0 Å². The minimum Gasteiger partial charge on any atom is -0.496 e. The van der Waals surface area contributed by atoms with E-state index < -0.39 is 30.8 Å². The number of carbonyl (C=O) groups excluding carboxylic acids is 1. The smallest absolute Gasteiger partial charge is 0.389 e. The summed E-state index contributed by atoms with van der Waals surface area (Å²) in [5, 5.41) is 17.8. The van der Waals surface area contributed by atoms with Crippen molar-refractivity contribution >= 4 is 23.0 Å². The number of benzene rings is 2. The largest absolute Gasteiger partial charge is 0.496 e.